The van der Waals surface area contributed by atoms with Crippen LogP contribution in [0.1, 0.15) is 25.6 Å². The number of hydrogen-bond donors (Lipinski definition) is 0. The highest BCUT2D eigenvalue weighted by Crippen LogP contribution is 2.30. The molecule has 0 bridgehead atoms. The normalized spacial score (nSPS) is 11.3. The van der Waals surface area contributed by atoms with Gasteiger partial charge in [0.2, 0.25) is 0 Å². The maximum absolute atomic E-state index is 13.3. The highest BCUT2D eigenvalue weighted by molar-refractivity contribution is 5.68. The Morgan fingerprint density at radius 3 is 2.76 bits per heavy atom. The van der Waals surface area contributed by atoms with Gasteiger partial charge in [0.25, 0.3) is 5.78 Å². The molecule has 3 aromatic rings. The Kier molecular flexibility index (Phi) is 3.29. The van der Waals surface area contributed by atoms with Crippen molar-refractivity contribution in [2.24, 2.45) is 0 Å². The van der Waals surface area contributed by atoms with Crippen molar-refractivity contribution in [3.8, 4) is 17.0 Å². The molecule has 2 heterocycles. The molecule has 5 nitrogen and oxygen atoms in total. The monoisotopic (exact) mass is 286 g/mol. The van der Waals surface area contributed by atoms with Gasteiger partial charge in [-0.15, -0.1) is 5.10 Å². The van der Waals surface area contributed by atoms with E-state index in [0.717, 1.165) is 17.1 Å². The Balaban J connectivity index is 2.25. The third-order valence-corrected chi connectivity index (χ3v) is 3.21. The second-order valence-electron chi connectivity index (χ2n) is 5.01. The van der Waals surface area contributed by atoms with Gasteiger partial charge in [0.15, 0.2) is 5.82 Å². The van der Waals surface area contributed by atoms with Crippen molar-refractivity contribution >= 4 is 5.78 Å². The lowest BCUT2D eigenvalue weighted by Gasteiger charge is -2.09. The molecule has 108 valence electrons. The number of ether oxygens (including phenoxy) is 1. The van der Waals surface area contributed by atoms with Crippen molar-refractivity contribution in [2.75, 3.05) is 7.11 Å². The number of rotatable bonds is 3. The van der Waals surface area contributed by atoms with E-state index in [2.05, 4.69) is 15.1 Å². The summed E-state index contributed by atoms with van der Waals surface area (Å²) >= 11 is 0. The molecular weight excluding hydrogens is 271 g/mol. The number of aromatic nitrogens is 4. The van der Waals surface area contributed by atoms with Crippen LogP contribution in [0.25, 0.3) is 17.0 Å². The molecule has 3 rings (SSSR count). The summed E-state index contributed by atoms with van der Waals surface area (Å²) in [5, 5.41) is 4.48. The Morgan fingerprint density at radius 2 is 2.05 bits per heavy atom. The largest absolute Gasteiger partial charge is 0.496 e. The molecule has 0 fully saturated rings. The first kappa shape index (κ1) is 13.5. The van der Waals surface area contributed by atoms with Crippen molar-refractivity contribution in [2.45, 2.75) is 19.8 Å². The van der Waals surface area contributed by atoms with Crippen LogP contribution in [0, 0.1) is 5.82 Å². The van der Waals surface area contributed by atoms with Crippen molar-refractivity contribution < 1.29 is 9.13 Å². The topological polar surface area (TPSA) is 52.3 Å². The zero-order valence-corrected chi connectivity index (χ0v) is 12.0. The minimum Gasteiger partial charge on any atom is -0.496 e. The van der Waals surface area contributed by atoms with Gasteiger partial charge in [-0.25, -0.2) is 9.37 Å². The van der Waals surface area contributed by atoms with E-state index in [4.69, 9.17) is 4.74 Å². The molecule has 0 saturated carbocycles. The second-order valence-corrected chi connectivity index (χ2v) is 5.01. The van der Waals surface area contributed by atoms with Crippen molar-refractivity contribution in [3.63, 3.8) is 0 Å². The Morgan fingerprint density at radius 1 is 1.24 bits per heavy atom. The van der Waals surface area contributed by atoms with Crippen molar-refractivity contribution in [3.05, 3.63) is 42.1 Å². The standard InChI is InChI=1S/C15H15FN4O/c1-9(2)14-18-15-17-7-6-12(20(15)19-14)11-5-4-10(16)8-13(11)21-3/h4-9H,1-3H3. The molecule has 6 heteroatoms. The van der Waals surface area contributed by atoms with Crippen LogP contribution in [0.5, 0.6) is 5.75 Å². The summed E-state index contributed by atoms with van der Waals surface area (Å²) in [6.07, 6.45) is 1.66. The summed E-state index contributed by atoms with van der Waals surface area (Å²) in [6.45, 7) is 4.04. The molecule has 0 aliphatic heterocycles. The highest BCUT2D eigenvalue weighted by atomic mass is 19.1. The van der Waals surface area contributed by atoms with Crippen LogP contribution in [-0.2, 0) is 0 Å². The fraction of sp³-hybridized carbons (Fsp3) is 0.267. The third-order valence-electron chi connectivity index (χ3n) is 3.21. The van der Waals surface area contributed by atoms with Gasteiger partial charge in [0.1, 0.15) is 11.6 Å². The first-order valence-corrected chi connectivity index (χ1v) is 6.65. The summed E-state index contributed by atoms with van der Waals surface area (Å²) in [6, 6.07) is 6.22. The highest BCUT2D eigenvalue weighted by Gasteiger charge is 2.15. The summed E-state index contributed by atoms with van der Waals surface area (Å²) in [4.78, 5) is 8.62. The van der Waals surface area contributed by atoms with Gasteiger partial charge in [-0.3, -0.25) is 0 Å². The van der Waals surface area contributed by atoms with Gasteiger partial charge in [-0.2, -0.15) is 9.50 Å². The smallest absolute Gasteiger partial charge is 0.252 e. The van der Waals surface area contributed by atoms with Gasteiger partial charge in [0, 0.05) is 23.7 Å². The van der Waals surface area contributed by atoms with Crippen LogP contribution in [0.15, 0.2) is 30.5 Å². The summed E-state index contributed by atoms with van der Waals surface area (Å²) in [5.74, 6) is 1.54. The SMILES string of the molecule is COc1cc(F)ccc1-c1ccnc2nc(C(C)C)nn12. The lowest BCUT2D eigenvalue weighted by molar-refractivity contribution is 0.412. The molecule has 0 spiro atoms. The van der Waals surface area contributed by atoms with E-state index in [1.807, 2.05) is 19.9 Å². The van der Waals surface area contributed by atoms with E-state index < -0.39 is 0 Å². The number of methoxy groups -OCH3 is 1. The van der Waals surface area contributed by atoms with Gasteiger partial charge in [-0.05, 0) is 18.2 Å². The van der Waals surface area contributed by atoms with Gasteiger partial charge >= 0.3 is 0 Å². The van der Waals surface area contributed by atoms with Crippen molar-refractivity contribution in [1.82, 2.24) is 19.6 Å². The van der Waals surface area contributed by atoms with Crippen LogP contribution in [0.4, 0.5) is 4.39 Å². The minimum absolute atomic E-state index is 0.203. The van der Waals surface area contributed by atoms with Crippen LogP contribution >= 0.6 is 0 Å². The molecule has 0 N–H and O–H groups in total. The van der Waals surface area contributed by atoms with Gasteiger partial charge < -0.3 is 4.74 Å². The maximum atomic E-state index is 13.3. The predicted molar refractivity (Wildman–Crippen MR) is 76.8 cm³/mol. The molecule has 0 amide bonds. The summed E-state index contributed by atoms with van der Waals surface area (Å²) < 4.78 is 20.3. The molecule has 0 unspecified atom stereocenters. The molecule has 21 heavy (non-hydrogen) atoms. The van der Waals surface area contributed by atoms with E-state index in [0.29, 0.717) is 11.5 Å². The zero-order chi connectivity index (χ0) is 15.0. The average molecular weight is 286 g/mol. The van der Waals surface area contributed by atoms with Gasteiger partial charge in [-0.1, -0.05) is 13.8 Å². The first-order chi connectivity index (χ1) is 10.1. The van der Waals surface area contributed by atoms with Crippen LogP contribution < -0.4 is 4.74 Å². The van der Waals surface area contributed by atoms with E-state index in [-0.39, 0.29) is 11.7 Å². The van der Waals surface area contributed by atoms with Crippen LogP contribution in [-0.4, -0.2) is 26.7 Å². The molecule has 1 aromatic carbocycles. The molecule has 2 aromatic heterocycles. The zero-order valence-electron chi connectivity index (χ0n) is 12.0. The maximum Gasteiger partial charge on any atom is 0.252 e. The lowest BCUT2D eigenvalue weighted by Crippen LogP contribution is -1.99. The van der Waals surface area contributed by atoms with Crippen LogP contribution in [0.3, 0.4) is 0 Å². The molecule has 0 aliphatic rings. The summed E-state index contributed by atoms with van der Waals surface area (Å²) in [5.41, 5.74) is 1.50. The minimum atomic E-state index is -0.345. The fourth-order valence-corrected chi connectivity index (χ4v) is 2.13. The number of nitrogens with zero attached hydrogens (tertiary/aromatic N) is 4. The first-order valence-electron chi connectivity index (χ1n) is 6.65. The number of halogens is 1. The lowest BCUT2D eigenvalue weighted by atomic mass is 10.1. The molecular formula is C15H15FN4O. The Hall–Kier alpha value is -2.50. The van der Waals surface area contributed by atoms with E-state index in [1.165, 1.54) is 19.2 Å². The number of fused-ring (bicyclic) bond motifs is 1. The predicted octanol–water partition coefficient (Wildman–Crippen LogP) is 3.06. The number of benzene rings is 1. The number of hydrogen-bond acceptors (Lipinski definition) is 4. The second kappa shape index (κ2) is 5.12. The van der Waals surface area contributed by atoms with Gasteiger partial charge in [0.05, 0.1) is 12.8 Å². The van der Waals surface area contributed by atoms with Crippen LogP contribution in [0.2, 0.25) is 0 Å². The Labute approximate surface area is 121 Å². The molecule has 0 atom stereocenters. The van der Waals surface area contributed by atoms with E-state index >= 15 is 0 Å². The molecule has 0 saturated heterocycles. The summed E-state index contributed by atoms with van der Waals surface area (Å²) in [7, 11) is 1.51. The fourth-order valence-electron chi connectivity index (χ4n) is 2.13. The quantitative estimate of drug-likeness (QED) is 0.742. The molecule has 0 aliphatic carbocycles. The molecule has 0 radical (unpaired) electrons. The van der Waals surface area contributed by atoms with E-state index in [1.54, 1.807) is 16.8 Å². The Bertz CT molecular complexity index is 797. The van der Waals surface area contributed by atoms with E-state index in [9.17, 15) is 4.39 Å². The average Bonchev–Trinajstić information content (AvgIpc) is 2.91. The van der Waals surface area contributed by atoms with Crippen molar-refractivity contribution in [1.29, 1.82) is 0 Å². The third kappa shape index (κ3) is 2.33.